The summed E-state index contributed by atoms with van der Waals surface area (Å²) in [5.41, 5.74) is 8.35. The first-order chi connectivity index (χ1) is 21.6. The lowest BCUT2D eigenvalue weighted by atomic mass is 10.2. The van der Waals surface area contributed by atoms with Crippen molar-refractivity contribution in [3.05, 3.63) is 75.3 Å². The number of nitrogens with two attached hydrogens (primary N) is 2. The van der Waals surface area contributed by atoms with Crippen LogP contribution in [0.25, 0.3) is 17.2 Å². The molecule has 1 atom stereocenters. The Morgan fingerprint density at radius 3 is 2.33 bits per heavy atom. The van der Waals surface area contributed by atoms with Crippen LogP contribution in [0.2, 0.25) is 5.02 Å². The fourth-order valence-electron chi connectivity index (χ4n) is 4.18. The van der Waals surface area contributed by atoms with E-state index in [1.807, 2.05) is 0 Å². The molecule has 3 aromatic heterocycles. The summed E-state index contributed by atoms with van der Waals surface area (Å²) < 4.78 is 89.3. The highest BCUT2D eigenvalue weighted by Gasteiger charge is 2.44. The fraction of sp³-hybridized carbons (Fsp3) is 0.346. The van der Waals surface area contributed by atoms with Gasteiger partial charge < -0.3 is 16.2 Å². The molecule has 0 aliphatic carbocycles. The Kier molecular flexibility index (Phi) is 10.1. The van der Waals surface area contributed by atoms with Gasteiger partial charge in [-0.2, -0.15) is 31.0 Å². The first-order valence-electron chi connectivity index (χ1n) is 13.3. The van der Waals surface area contributed by atoms with Gasteiger partial charge in [0.25, 0.3) is 5.91 Å². The highest BCUT2D eigenvalue weighted by atomic mass is 35.5. The summed E-state index contributed by atoms with van der Waals surface area (Å²) in [5, 5.41) is 8.22. The Balaban J connectivity index is 1.77. The SMILES string of the molecule is NCCCCC(=O)O[C@@H](Cn1c(-c2ccc(Cl)cc2)nn(Cc2nc(C(N)=O)n(-c3ncccc3C(F)(F)F)n2)c1=O)C(F)(F)F. The van der Waals surface area contributed by atoms with Crippen LogP contribution in [0.4, 0.5) is 26.3 Å². The molecule has 0 saturated heterocycles. The predicted molar refractivity (Wildman–Crippen MR) is 148 cm³/mol. The average Bonchev–Trinajstić information content (AvgIpc) is 3.54. The van der Waals surface area contributed by atoms with Crippen LogP contribution in [-0.2, 0) is 28.8 Å². The number of nitrogens with zero attached hydrogens (tertiary/aromatic N) is 7. The molecule has 0 aliphatic heterocycles. The van der Waals surface area contributed by atoms with Gasteiger partial charge in [0.2, 0.25) is 11.9 Å². The normalized spacial score (nSPS) is 12.7. The molecular formula is C26H24ClF6N9O4. The van der Waals surface area contributed by atoms with Gasteiger partial charge in [-0.15, -0.1) is 10.2 Å². The van der Waals surface area contributed by atoms with Crippen molar-refractivity contribution in [2.24, 2.45) is 11.5 Å². The van der Waals surface area contributed by atoms with Crippen LogP contribution in [0.1, 0.15) is 41.3 Å². The Bertz CT molecular complexity index is 1770. The van der Waals surface area contributed by atoms with Crippen LogP contribution >= 0.6 is 11.6 Å². The molecule has 0 bridgehead atoms. The molecule has 4 N–H and O–H groups in total. The topological polar surface area (TPSA) is 179 Å². The fourth-order valence-corrected chi connectivity index (χ4v) is 4.30. The first kappa shape index (κ1) is 34.1. The molecule has 3 heterocycles. The number of pyridine rings is 1. The highest BCUT2D eigenvalue weighted by Crippen LogP contribution is 2.33. The van der Waals surface area contributed by atoms with Crippen molar-refractivity contribution in [1.29, 1.82) is 0 Å². The molecule has 0 unspecified atom stereocenters. The number of alkyl halides is 6. The summed E-state index contributed by atoms with van der Waals surface area (Å²) in [4.78, 5) is 45.2. The lowest BCUT2D eigenvalue weighted by Gasteiger charge is -2.21. The molecule has 0 aliphatic rings. The lowest BCUT2D eigenvalue weighted by Crippen LogP contribution is -2.40. The highest BCUT2D eigenvalue weighted by molar-refractivity contribution is 6.30. The number of carbonyl (C=O) groups is 2. The number of unbranched alkanes of at least 4 members (excludes halogenated alkanes) is 1. The summed E-state index contributed by atoms with van der Waals surface area (Å²) in [6.45, 7) is -1.72. The van der Waals surface area contributed by atoms with E-state index in [4.69, 9.17) is 27.8 Å². The van der Waals surface area contributed by atoms with Gasteiger partial charge in [0.05, 0.1) is 6.54 Å². The maximum Gasteiger partial charge on any atom is 0.427 e. The van der Waals surface area contributed by atoms with Crippen molar-refractivity contribution < 1.29 is 40.7 Å². The van der Waals surface area contributed by atoms with E-state index >= 15 is 0 Å². The summed E-state index contributed by atoms with van der Waals surface area (Å²) in [6, 6.07) is 7.19. The number of hydrogen-bond acceptors (Lipinski definition) is 9. The number of amides is 1. The monoisotopic (exact) mass is 675 g/mol. The van der Waals surface area contributed by atoms with Gasteiger partial charge in [0.15, 0.2) is 17.5 Å². The zero-order chi connectivity index (χ0) is 33.8. The Labute approximate surface area is 259 Å². The number of aromatic nitrogens is 7. The van der Waals surface area contributed by atoms with Crippen LogP contribution < -0.4 is 17.2 Å². The maximum atomic E-state index is 14.0. The van der Waals surface area contributed by atoms with Gasteiger partial charge in [0, 0.05) is 23.2 Å². The van der Waals surface area contributed by atoms with E-state index in [1.54, 1.807) is 0 Å². The summed E-state index contributed by atoms with van der Waals surface area (Å²) in [7, 11) is 0. The van der Waals surface area contributed by atoms with Crippen molar-refractivity contribution >= 4 is 23.5 Å². The molecule has 0 fully saturated rings. The third-order valence-corrected chi connectivity index (χ3v) is 6.55. The molecule has 0 saturated carbocycles. The molecule has 4 aromatic rings. The maximum absolute atomic E-state index is 14.0. The molecule has 46 heavy (non-hydrogen) atoms. The van der Waals surface area contributed by atoms with Crippen LogP contribution in [-0.4, -0.2) is 64.8 Å². The van der Waals surface area contributed by atoms with E-state index in [-0.39, 0.29) is 35.8 Å². The number of ether oxygens (including phenoxy) is 1. The van der Waals surface area contributed by atoms with Gasteiger partial charge in [-0.25, -0.2) is 19.4 Å². The molecule has 1 amide bonds. The van der Waals surface area contributed by atoms with E-state index in [9.17, 15) is 40.7 Å². The third-order valence-electron chi connectivity index (χ3n) is 6.30. The summed E-state index contributed by atoms with van der Waals surface area (Å²) >= 11 is 5.93. The van der Waals surface area contributed by atoms with Crippen LogP contribution in [0, 0.1) is 0 Å². The molecule has 0 spiro atoms. The number of halogens is 7. The van der Waals surface area contributed by atoms with Gasteiger partial charge in [0.1, 0.15) is 12.1 Å². The van der Waals surface area contributed by atoms with Crippen molar-refractivity contribution in [3.63, 3.8) is 0 Å². The zero-order valence-corrected chi connectivity index (χ0v) is 24.2. The summed E-state index contributed by atoms with van der Waals surface area (Å²) in [5.74, 6) is -4.84. The van der Waals surface area contributed by atoms with Crippen molar-refractivity contribution in [2.75, 3.05) is 6.54 Å². The molecule has 0 radical (unpaired) electrons. The third kappa shape index (κ3) is 7.89. The Morgan fingerprint density at radius 2 is 1.72 bits per heavy atom. The standard InChI is InChI=1S/C26H24ClF6N9O4/c27-15-8-6-14(7-9-15)21-39-41(24(45)40(21)12-17(26(31,32)33)46-19(43)5-1-2-10-34)13-18-37-23(20(35)44)42(38-18)22-16(25(28,29)30)4-3-11-36-22/h3-4,6-9,11,17H,1-2,5,10,12-13,34H2,(H2,35,44)/t17-/m0/s1. The molecule has 246 valence electrons. The molecule has 4 rings (SSSR count). The van der Waals surface area contributed by atoms with Crippen LogP contribution in [0.5, 0.6) is 0 Å². The minimum atomic E-state index is -5.10. The van der Waals surface area contributed by atoms with Gasteiger partial charge in [-0.3, -0.25) is 14.2 Å². The number of primary amides is 1. The number of rotatable bonds is 12. The number of hydrogen-bond donors (Lipinski definition) is 2. The minimum Gasteiger partial charge on any atom is -0.451 e. The quantitative estimate of drug-likeness (QED) is 0.130. The first-order valence-corrected chi connectivity index (χ1v) is 13.7. The largest absolute Gasteiger partial charge is 0.451 e. The van der Waals surface area contributed by atoms with Crippen LogP contribution in [0.3, 0.4) is 0 Å². The lowest BCUT2D eigenvalue weighted by molar-refractivity contribution is -0.224. The van der Waals surface area contributed by atoms with E-state index in [1.165, 1.54) is 24.3 Å². The van der Waals surface area contributed by atoms with Crippen molar-refractivity contribution in [1.82, 2.24) is 34.1 Å². The van der Waals surface area contributed by atoms with E-state index < -0.39 is 72.1 Å². The zero-order valence-electron chi connectivity index (χ0n) is 23.4. The number of carbonyl (C=O) groups excluding carboxylic acids is 2. The van der Waals surface area contributed by atoms with E-state index in [0.717, 1.165) is 12.3 Å². The minimum absolute atomic E-state index is 0.134. The predicted octanol–water partition coefficient (Wildman–Crippen LogP) is 3.11. The number of esters is 1. The van der Waals surface area contributed by atoms with Crippen molar-refractivity contribution in [2.45, 2.75) is 50.8 Å². The second-order valence-electron chi connectivity index (χ2n) is 9.65. The van der Waals surface area contributed by atoms with Gasteiger partial charge >= 0.3 is 24.0 Å². The Morgan fingerprint density at radius 1 is 1.02 bits per heavy atom. The second kappa shape index (κ2) is 13.7. The molecule has 1 aromatic carbocycles. The Hall–Kier alpha value is -4.78. The van der Waals surface area contributed by atoms with Gasteiger partial charge in [-0.1, -0.05) is 11.6 Å². The number of benzene rings is 1. The average molecular weight is 676 g/mol. The second-order valence-corrected chi connectivity index (χ2v) is 10.1. The molecule has 20 heteroatoms. The molecule has 13 nitrogen and oxygen atoms in total. The van der Waals surface area contributed by atoms with Crippen LogP contribution in [0.15, 0.2) is 47.4 Å². The smallest absolute Gasteiger partial charge is 0.427 e. The van der Waals surface area contributed by atoms with E-state index in [0.29, 0.717) is 26.4 Å². The van der Waals surface area contributed by atoms with Crippen molar-refractivity contribution in [3.8, 4) is 17.2 Å². The molecular weight excluding hydrogens is 652 g/mol. The summed E-state index contributed by atoms with van der Waals surface area (Å²) in [6.07, 6.45) is -11.6. The van der Waals surface area contributed by atoms with E-state index in [2.05, 4.69) is 20.2 Å². The van der Waals surface area contributed by atoms with Gasteiger partial charge in [-0.05, 0) is 55.8 Å².